The van der Waals surface area contributed by atoms with Crippen molar-refractivity contribution in [1.82, 2.24) is 9.55 Å². The van der Waals surface area contributed by atoms with Crippen molar-refractivity contribution < 1.29 is 4.42 Å². The molecular weight excluding hydrogens is 290 g/mol. The zero-order valence-electron chi connectivity index (χ0n) is 11.0. The number of nitrogens with zero attached hydrogens (tertiary/aromatic N) is 2. The van der Waals surface area contributed by atoms with E-state index >= 15 is 0 Å². The molecule has 0 atom stereocenters. The van der Waals surface area contributed by atoms with Gasteiger partial charge in [-0.3, -0.25) is 9.36 Å². The van der Waals surface area contributed by atoms with Crippen molar-refractivity contribution in [1.29, 1.82) is 0 Å². The Kier molecular flexibility index (Phi) is 3.75. The van der Waals surface area contributed by atoms with Gasteiger partial charge in [-0.2, -0.15) is 0 Å². The second-order valence-electron chi connectivity index (χ2n) is 4.36. The normalized spacial score (nSPS) is 10.5. The molecular formula is C15H12ClN3O2. The average Bonchev–Trinajstić information content (AvgIpc) is 3.01. The van der Waals surface area contributed by atoms with Crippen LogP contribution in [-0.2, 0) is 6.54 Å². The first-order valence-corrected chi connectivity index (χ1v) is 6.72. The molecule has 0 fully saturated rings. The minimum atomic E-state index is -0.230. The maximum absolute atomic E-state index is 12.4. The van der Waals surface area contributed by atoms with E-state index in [0.29, 0.717) is 11.6 Å². The van der Waals surface area contributed by atoms with Crippen LogP contribution in [0.5, 0.6) is 0 Å². The van der Waals surface area contributed by atoms with Gasteiger partial charge in [-0.15, -0.1) is 0 Å². The molecule has 0 radical (unpaired) electrons. The lowest BCUT2D eigenvalue weighted by atomic mass is 10.3. The molecule has 3 aromatic rings. The molecule has 0 bridgehead atoms. The third-order valence-corrected chi connectivity index (χ3v) is 3.21. The second-order valence-corrected chi connectivity index (χ2v) is 4.80. The van der Waals surface area contributed by atoms with E-state index in [-0.39, 0.29) is 11.4 Å². The Morgan fingerprint density at radius 3 is 2.76 bits per heavy atom. The summed E-state index contributed by atoms with van der Waals surface area (Å²) in [4.78, 5) is 16.5. The molecule has 2 heterocycles. The largest absolute Gasteiger partial charge is 0.467 e. The maximum atomic E-state index is 12.4. The van der Waals surface area contributed by atoms with Crippen LogP contribution in [0.3, 0.4) is 0 Å². The predicted molar refractivity (Wildman–Crippen MR) is 80.9 cm³/mol. The minimum Gasteiger partial charge on any atom is -0.467 e. The summed E-state index contributed by atoms with van der Waals surface area (Å²) in [5, 5.41) is 3.59. The molecule has 0 aliphatic heterocycles. The molecule has 0 saturated carbocycles. The van der Waals surface area contributed by atoms with Gasteiger partial charge in [0.05, 0.1) is 12.8 Å². The van der Waals surface area contributed by atoms with Crippen LogP contribution in [0, 0.1) is 0 Å². The van der Waals surface area contributed by atoms with Crippen molar-refractivity contribution >= 4 is 17.4 Å². The summed E-state index contributed by atoms with van der Waals surface area (Å²) in [5.74, 6) is 1.00. The van der Waals surface area contributed by atoms with Gasteiger partial charge < -0.3 is 9.73 Å². The quantitative estimate of drug-likeness (QED) is 0.804. The molecule has 0 unspecified atom stereocenters. The fourth-order valence-corrected chi connectivity index (χ4v) is 2.05. The molecule has 2 aromatic heterocycles. The van der Waals surface area contributed by atoms with E-state index in [1.807, 2.05) is 6.07 Å². The zero-order valence-corrected chi connectivity index (χ0v) is 11.7. The Hall–Kier alpha value is -2.53. The average molecular weight is 302 g/mol. The number of aromatic nitrogens is 2. The lowest BCUT2D eigenvalue weighted by Crippen LogP contribution is -2.22. The molecule has 0 saturated heterocycles. The number of halogens is 1. The van der Waals surface area contributed by atoms with Crippen molar-refractivity contribution in [2.45, 2.75) is 6.54 Å². The van der Waals surface area contributed by atoms with Crippen LogP contribution in [0.25, 0.3) is 5.69 Å². The Labute approximate surface area is 125 Å². The highest BCUT2D eigenvalue weighted by molar-refractivity contribution is 6.30. The molecule has 6 heteroatoms. The van der Waals surface area contributed by atoms with Gasteiger partial charge in [-0.1, -0.05) is 11.6 Å². The van der Waals surface area contributed by atoms with Gasteiger partial charge >= 0.3 is 0 Å². The van der Waals surface area contributed by atoms with Gasteiger partial charge in [0.1, 0.15) is 5.76 Å². The lowest BCUT2D eigenvalue weighted by Gasteiger charge is -2.08. The summed E-state index contributed by atoms with van der Waals surface area (Å²) in [5.41, 5.74) is 0.499. The van der Waals surface area contributed by atoms with Gasteiger partial charge in [0.15, 0.2) is 5.82 Å². The molecule has 0 amide bonds. The first-order chi connectivity index (χ1) is 10.2. The van der Waals surface area contributed by atoms with Crippen LogP contribution in [-0.4, -0.2) is 9.55 Å². The molecule has 3 rings (SSSR count). The van der Waals surface area contributed by atoms with Gasteiger partial charge in [0, 0.05) is 23.1 Å². The van der Waals surface area contributed by atoms with Crippen molar-refractivity contribution in [2.24, 2.45) is 0 Å². The van der Waals surface area contributed by atoms with Crippen LogP contribution < -0.4 is 10.9 Å². The Balaban J connectivity index is 1.88. The third kappa shape index (κ3) is 2.98. The van der Waals surface area contributed by atoms with Crippen LogP contribution in [0.2, 0.25) is 5.02 Å². The highest BCUT2D eigenvalue weighted by Crippen LogP contribution is 2.12. The number of benzene rings is 1. The number of hydrogen-bond donors (Lipinski definition) is 1. The number of furan rings is 1. The Bertz CT molecular complexity index is 779. The molecule has 1 aromatic carbocycles. The monoisotopic (exact) mass is 301 g/mol. The van der Waals surface area contributed by atoms with E-state index in [2.05, 4.69) is 10.3 Å². The zero-order chi connectivity index (χ0) is 14.7. The van der Waals surface area contributed by atoms with Gasteiger partial charge in [0.2, 0.25) is 0 Å². The lowest BCUT2D eigenvalue weighted by molar-refractivity contribution is 0.517. The van der Waals surface area contributed by atoms with Crippen LogP contribution >= 0.6 is 11.6 Å². The van der Waals surface area contributed by atoms with Gasteiger partial charge in [-0.05, 0) is 36.4 Å². The fourth-order valence-electron chi connectivity index (χ4n) is 1.92. The second kappa shape index (κ2) is 5.85. The van der Waals surface area contributed by atoms with Crippen molar-refractivity contribution in [3.05, 3.63) is 76.2 Å². The summed E-state index contributed by atoms with van der Waals surface area (Å²) < 4.78 is 6.72. The number of hydrogen-bond acceptors (Lipinski definition) is 4. The van der Waals surface area contributed by atoms with Gasteiger partial charge in [0.25, 0.3) is 5.56 Å². The first-order valence-electron chi connectivity index (χ1n) is 6.34. The fraction of sp³-hybridized carbons (Fsp3) is 0.0667. The van der Waals surface area contributed by atoms with Crippen LogP contribution in [0.15, 0.2) is 64.3 Å². The number of anilines is 1. The van der Waals surface area contributed by atoms with E-state index in [9.17, 15) is 4.79 Å². The maximum Gasteiger partial charge on any atom is 0.297 e. The molecule has 0 aliphatic carbocycles. The number of rotatable bonds is 4. The van der Waals surface area contributed by atoms with Gasteiger partial charge in [-0.25, -0.2) is 4.98 Å². The van der Waals surface area contributed by atoms with E-state index in [1.165, 1.54) is 4.57 Å². The smallest absolute Gasteiger partial charge is 0.297 e. The summed E-state index contributed by atoms with van der Waals surface area (Å²) in [6.07, 6.45) is 4.77. The summed E-state index contributed by atoms with van der Waals surface area (Å²) in [6.45, 7) is 0.403. The SMILES string of the molecule is O=c1c(NCc2ccco2)nccn1-c1ccc(Cl)cc1. The summed E-state index contributed by atoms with van der Waals surface area (Å²) in [7, 11) is 0. The Morgan fingerprint density at radius 2 is 2.05 bits per heavy atom. The molecule has 21 heavy (non-hydrogen) atoms. The Morgan fingerprint density at radius 1 is 1.24 bits per heavy atom. The molecule has 106 valence electrons. The third-order valence-electron chi connectivity index (χ3n) is 2.96. The summed E-state index contributed by atoms with van der Waals surface area (Å²) >= 11 is 5.85. The minimum absolute atomic E-state index is 0.230. The molecule has 1 N–H and O–H groups in total. The highest BCUT2D eigenvalue weighted by atomic mass is 35.5. The predicted octanol–water partition coefficient (Wildman–Crippen LogP) is 3.09. The van der Waals surface area contributed by atoms with E-state index in [0.717, 1.165) is 11.4 Å². The molecule has 5 nitrogen and oxygen atoms in total. The van der Waals surface area contributed by atoms with Crippen molar-refractivity contribution in [3.8, 4) is 5.69 Å². The number of nitrogens with one attached hydrogen (secondary N) is 1. The van der Waals surface area contributed by atoms with Crippen molar-refractivity contribution in [3.63, 3.8) is 0 Å². The van der Waals surface area contributed by atoms with E-state index in [1.54, 1.807) is 49.0 Å². The first kappa shape index (κ1) is 13.5. The van der Waals surface area contributed by atoms with Crippen LogP contribution in [0.4, 0.5) is 5.82 Å². The van der Waals surface area contributed by atoms with E-state index in [4.69, 9.17) is 16.0 Å². The molecule has 0 spiro atoms. The van der Waals surface area contributed by atoms with Crippen LogP contribution in [0.1, 0.15) is 5.76 Å². The topological polar surface area (TPSA) is 60.1 Å². The highest BCUT2D eigenvalue weighted by Gasteiger charge is 2.07. The standard InChI is InChI=1S/C15H12ClN3O2/c16-11-3-5-12(6-4-11)19-8-7-17-14(15(19)20)18-10-13-2-1-9-21-13/h1-9H,10H2,(H,17,18). The summed E-state index contributed by atoms with van der Waals surface area (Å²) in [6, 6.07) is 10.6. The molecule has 0 aliphatic rings. The van der Waals surface area contributed by atoms with E-state index < -0.39 is 0 Å². The van der Waals surface area contributed by atoms with Crippen molar-refractivity contribution in [2.75, 3.05) is 5.32 Å².